The summed E-state index contributed by atoms with van der Waals surface area (Å²) in [7, 11) is 0. The quantitative estimate of drug-likeness (QED) is 0.377. The van der Waals surface area contributed by atoms with E-state index in [-0.39, 0.29) is 11.8 Å². The summed E-state index contributed by atoms with van der Waals surface area (Å²) in [6.45, 7) is -3.42. The largest absolute Gasteiger partial charge is 0.483 e. The lowest BCUT2D eigenvalue weighted by atomic mass is 10.1. The van der Waals surface area contributed by atoms with Gasteiger partial charge in [-0.25, -0.2) is 0 Å². The van der Waals surface area contributed by atoms with Gasteiger partial charge in [0.1, 0.15) is 23.6 Å². The van der Waals surface area contributed by atoms with Crippen molar-refractivity contribution < 1.29 is 45.2 Å². The number of amides is 1. The predicted molar refractivity (Wildman–Crippen MR) is 83.8 cm³/mol. The molecule has 0 fully saturated rings. The summed E-state index contributed by atoms with van der Waals surface area (Å²) in [4.78, 5) is 22.0. The number of ether oxygens (including phenoxy) is 1. The van der Waals surface area contributed by atoms with Crippen molar-refractivity contribution in [2.75, 3.05) is 13.2 Å². The van der Waals surface area contributed by atoms with Gasteiger partial charge >= 0.3 is 12.4 Å². The van der Waals surface area contributed by atoms with Crippen molar-refractivity contribution in [3.05, 3.63) is 58.0 Å². The molecule has 0 spiro atoms. The van der Waals surface area contributed by atoms with E-state index in [1.54, 1.807) is 0 Å². The van der Waals surface area contributed by atoms with Crippen molar-refractivity contribution in [2.24, 2.45) is 0 Å². The third-order valence-electron chi connectivity index (χ3n) is 3.48. The van der Waals surface area contributed by atoms with Crippen molar-refractivity contribution in [1.82, 2.24) is 4.90 Å². The molecule has 0 saturated heterocycles. The molecule has 0 bridgehead atoms. The van der Waals surface area contributed by atoms with Crippen LogP contribution in [0.4, 0.5) is 32.0 Å². The van der Waals surface area contributed by atoms with Gasteiger partial charge in [-0.3, -0.25) is 14.9 Å². The molecular formula is C16H12F6N2O5. The van der Waals surface area contributed by atoms with E-state index < -0.39 is 59.9 Å². The minimum absolute atomic E-state index is 0.0221. The summed E-state index contributed by atoms with van der Waals surface area (Å²) >= 11 is 0. The molecule has 0 saturated carbocycles. The maximum atomic E-state index is 13.1. The highest BCUT2D eigenvalue weighted by Crippen LogP contribution is 2.38. The second-order valence-electron chi connectivity index (χ2n) is 5.67. The minimum atomic E-state index is -5.05. The Morgan fingerprint density at radius 3 is 2.38 bits per heavy atom. The Balaban J connectivity index is 2.19. The van der Waals surface area contributed by atoms with E-state index in [2.05, 4.69) is 0 Å². The molecule has 2 aromatic rings. The monoisotopic (exact) mass is 426 g/mol. The average Bonchev–Trinajstić information content (AvgIpc) is 3.10. The lowest BCUT2D eigenvalue weighted by molar-refractivity contribution is -0.385. The van der Waals surface area contributed by atoms with Crippen molar-refractivity contribution in [3.8, 4) is 5.75 Å². The Morgan fingerprint density at radius 2 is 1.86 bits per heavy atom. The Hall–Kier alpha value is -3.25. The molecule has 13 heteroatoms. The Bertz CT molecular complexity index is 864. The normalized spacial score (nSPS) is 11.9. The van der Waals surface area contributed by atoms with Gasteiger partial charge in [0, 0.05) is 12.1 Å². The molecular weight excluding hydrogens is 414 g/mol. The van der Waals surface area contributed by atoms with Crippen LogP contribution in [0.1, 0.15) is 11.3 Å². The highest BCUT2D eigenvalue weighted by atomic mass is 19.4. The van der Waals surface area contributed by atoms with Crippen molar-refractivity contribution in [1.29, 1.82) is 0 Å². The van der Waals surface area contributed by atoms with Crippen LogP contribution in [0.15, 0.2) is 41.0 Å². The molecule has 0 aliphatic heterocycles. The summed E-state index contributed by atoms with van der Waals surface area (Å²) in [6.07, 6.45) is -8.65. The van der Waals surface area contributed by atoms with Crippen LogP contribution in [0.2, 0.25) is 0 Å². The van der Waals surface area contributed by atoms with Crippen molar-refractivity contribution >= 4 is 11.6 Å². The number of non-ortho nitro benzene ring substituents is 1. The van der Waals surface area contributed by atoms with Gasteiger partial charge in [0.15, 0.2) is 6.61 Å². The number of rotatable bonds is 7. The topological polar surface area (TPSA) is 85.8 Å². The van der Waals surface area contributed by atoms with Crippen molar-refractivity contribution in [3.63, 3.8) is 0 Å². The van der Waals surface area contributed by atoms with E-state index in [0.717, 1.165) is 0 Å². The van der Waals surface area contributed by atoms with Crippen LogP contribution in [-0.2, 0) is 17.5 Å². The maximum Gasteiger partial charge on any atom is 0.420 e. The van der Waals surface area contributed by atoms with Gasteiger partial charge in [-0.05, 0) is 18.2 Å². The van der Waals surface area contributed by atoms with Crippen LogP contribution in [-0.4, -0.2) is 35.1 Å². The highest BCUT2D eigenvalue weighted by Gasteiger charge is 2.37. The van der Waals surface area contributed by atoms with Gasteiger partial charge in [-0.15, -0.1) is 0 Å². The number of nitrogens with zero attached hydrogens (tertiary/aromatic N) is 2. The average molecular weight is 426 g/mol. The summed E-state index contributed by atoms with van der Waals surface area (Å²) in [5, 5.41) is 10.7. The lowest BCUT2D eigenvalue weighted by Crippen LogP contribution is -2.41. The summed E-state index contributed by atoms with van der Waals surface area (Å²) in [5.41, 5.74) is -2.40. The van der Waals surface area contributed by atoms with E-state index in [4.69, 9.17) is 9.15 Å². The number of alkyl halides is 6. The van der Waals surface area contributed by atoms with Gasteiger partial charge in [0.25, 0.3) is 11.6 Å². The molecule has 2 rings (SSSR count). The maximum absolute atomic E-state index is 13.1. The van der Waals surface area contributed by atoms with E-state index in [1.807, 2.05) is 0 Å². The first kappa shape index (κ1) is 22.0. The number of hydrogen-bond donors (Lipinski definition) is 0. The molecule has 1 amide bonds. The van der Waals surface area contributed by atoms with Crippen LogP contribution in [0.5, 0.6) is 5.75 Å². The number of carbonyl (C=O) groups is 1. The van der Waals surface area contributed by atoms with Crippen LogP contribution in [0.3, 0.4) is 0 Å². The fourth-order valence-electron chi connectivity index (χ4n) is 2.25. The molecule has 158 valence electrons. The first-order valence-electron chi connectivity index (χ1n) is 7.72. The standard InChI is InChI=1S/C16H12F6N2O5/c17-15(18,19)9-23(7-11-2-1-5-28-11)14(25)8-29-13-4-3-10(24(26)27)6-12(13)16(20,21)22/h1-6H,7-9H2. The van der Waals surface area contributed by atoms with Gasteiger partial charge in [-0.1, -0.05) is 0 Å². The third kappa shape index (κ3) is 6.40. The first-order chi connectivity index (χ1) is 13.4. The SMILES string of the molecule is O=C(COc1ccc([N+](=O)[O-])cc1C(F)(F)F)N(Cc1ccco1)CC(F)(F)F. The molecule has 0 unspecified atom stereocenters. The summed E-state index contributed by atoms with van der Waals surface area (Å²) in [5.74, 6) is -2.17. The molecule has 7 nitrogen and oxygen atoms in total. The van der Waals surface area contributed by atoms with Crippen LogP contribution < -0.4 is 4.74 Å². The lowest BCUT2D eigenvalue weighted by Gasteiger charge is -2.23. The molecule has 0 aliphatic rings. The number of halogens is 6. The summed E-state index contributed by atoms with van der Waals surface area (Å²) < 4.78 is 87.1. The van der Waals surface area contributed by atoms with Crippen molar-refractivity contribution in [2.45, 2.75) is 18.9 Å². The van der Waals surface area contributed by atoms with Crippen LogP contribution in [0, 0.1) is 10.1 Å². The molecule has 1 aromatic carbocycles. The number of furan rings is 1. The molecule has 0 radical (unpaired) electrons. The van der Waals surface area contributed by atoms with E-state index in [9.17, 15) is 41.3 Å². The second kappa shape index (κ2) is 8.41. The summed E-state index contributed by atoms with van der Waals surface area (Å²) in [6, 6.07) is 4.24. The fourth-order valence-corrected chi connectivity index (χ4v) is 2.25. The zero-order valence-electron chi connectivity index (χ0n) is 14.3. The van der Waals surface area contributed by atoms with Gasteiger partial charge < -0.3 is 14.1 Å². The number of nitro groups is 1. The van der Waals surface area contributed by atoms with Gasteiger partial charge in [0.05, 0.1) is 17.7 Å². The van der Waals surface area contributed by atoms with Gasteiger partial charge in [0.2, 0.25) is 0 Å². The number of hydrogen-bond acceptors (Lipinski definition) is 5. The second-order valence-corrected chi connectivity index (χ2v) is 5.67. The Labute approximate surface area is 158 Å². The molecule has 0 atom stereocenters. The van der Waals surface area contributed by atoms with Gasteiger partial charge in [-0.2, -0.15) is 26.3 Å². The highest BCUT2D eigenvalue weighted by molar-refractivity contribution is 5.77. The molecule has 0 N–H and O–H groups in total. The van der Waals surface area contributed by atoms with Crippen LogP contribution in [0.25, 0.3) is 0 Å². The first-order valence-corrected chi connectivity index (χ1v) is 7.72. The Morgan fingerprint density at radius 1 is 1.17 bits per heavy atom. The number of nitro benzene ring substituents is 1. The molecule has 1 heterocycles. The van der Waals surface area contributed by atoms with E-state index in [1.165, 1.54) is 18.4 Å². The smallest absolute Gasteiger partial charge is 0.420 e. The zero-order chi connectivity index (χ0) is 21.8. The molecule has 0 aliphatic carbocycles. The Kier molecular flexibility index (Phi) is 6.39. The minimum Gasteiger partial charge on any atom is -0.483 e. The van der Waals surface area contributed by atoms with Crippen LogP contribution >= 0.6 is 0 Å². The molecule has 1 aromatic heterocycles. The molecule has 29 heavy (non-hydrogen) atoms. The van der Waals surface area contributed by atoms with E-state index in [0.29, 0.717) is 17.0 Å². The fraction of sp³-hybridized carbons (Fsp3) is 0.312. The number of carbonyl (C=O) groups excluding carboxylic acids is 1. The zero-order valence-corrected chi connectivity index (χ0v) is 14.3. The third-order valence-corrected chi connectivity index (χ3v) is 3.48. The predicted octanol–water partition coefficient (Wildman–Crippen LogP) is 4.18. The number of benzene rings is 1. The van der Waals surface area contributed by atoms with E-state index >= 15 is 0 Å².